The lowest BCUT2D eigenvalue weighted by Gasteiger charge is -2.32. The molecule has 2 aromatic heterocycles. The van der Waals surface area contributed by atoms with Crippen LogP contribution in [-0.4, -0.2) is 40.2 Å². The maximum atomic E-state index is 12.4. The van der Waals surface area contributed by atoms with Crippen molar-refractivity contribution in [3.05, 3.63) is 34.8 Å². The number of amides is 1. The molecule has 132 valence electrons. The van der Waals surface area contributed by atoms with E-state index in [0.29, 0.717) is 17.2 Å². The fraction of sp³-hybridized carbons (Fsp3) is 0.500. The second-order valence-electron chi connectivity index (χ2n) is 6.60. The average molecular weight is 341 g/mol. The zero-order chi connectivity index (χ0) is 18.0. The Morgan fingerprint density at radius 2 is 2.32 bits per heavy atom. The van der Waals surface area contributed by atoms with E-state index in [0.717, 1.165) is 31.5 Å². The third kappa shape index (κ3) is 3.59. The van der Waals surface area contributed by atoms with Gasteiger partial charge < -0.3 is 4.42 Å². The number of piperidine rings is 1. The van der Waals surface area contributed by atoms with Crippen molar-refractivity contribution >= 4 is 11.8 Å². The molecule has 1 fully saturated rings. The first-order valence-corrected chi connectivity index (χ1v) is 8.49. The summed E-state index contributed by atoms with van der Waals surface area (Å²) >= 11 is 0. The average Bonchev–Trinajstić information content (AvgIpc) is 3.11. The molecule has 7 nitrogen and oxygen atoms in total. The predicted molar refractivity (Wildman–Crippen MR) is 93.1 cm³/mol. The normalized spacial score (nSPS) is 18.1. The zero-order valence-corrected chi connectivity index (χ0v) is 14.9. The molecular weight excluding hydrogens is 318 g/mol. The Bertz CT molecular complexity index is 814. The van der Waals surface area contributed by atoms with E-state index in [1.165, 1.54) is 5.69 Å². The molecule has 3 heterocycles. The Morgan fingerprint density at radius 1 is 1.52 bits per heavy atom. The van der Waals surface area contributed by atoms with Gasteiger partial charge in [-0.15, -0.1) is 0 Å². The Morgan fingerprint density at radius 3 is 3.00 bits per heavy atom. The molecule has 1 aliphatic heterocycles. The van der Waals surface area contributed by atoms with E-state index >= 15 is 0 Å². The summed E-state index contributed by atoms with van der Waals surface area (Å²) in [6.45, 7) is 5.61. The predicted octanol–water partition coefficient (Wildman–Crippen LogP) is 2.32. The number of furan rings is 1. The molecule has 1 N–H and O–H groups in total. The summed E-state index contributed by atoms with van der Waals surface area (Å²) < 4.78 is 7.41. The maximum Gasteiger partial charge on any atom is 0.240 e. The van der Waals surface area contributed by atoms with Crippen molar-refractivity contribution in [2.75, 3.05) is 25.0 Å². The molecule has 3 rings (SSSR count). The fourth-order valence-electron chi connectivity index (χ4n) is 3.44. The van der Waals surface area contributed by atoms with Gasteiger partial charge in [-0.3, -0.25) is 19.7 Å². The quantitative estimate of drug-likeness (QED) is 0.922. The molecule has 7 heteroatoms. The minimum Gasteiger partial charge on any atom is -0.444 e. The summed E-state index contributed by atoms with van der Waals surface area (Å²) in [5, 5.41) is 16.2. The highest BCUT2D eigenvalue weighted by Crippen LogP contribution is 2.27. The second-order valence-corrected chi connectivity index (χ2v) is 6.60. The first kappa shape index (κ1) is 17.2. The molecule has 1 atom stereocenters. The number of nitrogens with zero attached hydrogens (tertiary/aromatic N) is 4. The van der Waals surface area contributed by atoms with E-state index in [4.69, 9.17) is 4.42 Å². The van der Waals surface area contributed by atoms with E-state index in [2.05, 4.69) is 21.4 Å². The maximum absolute atomic E-state index is 12.4. The molecule has 0 aromatic carbocycles. The SMILES string of the molecule is Cc1oc(NC(=O)CN2CCC[C@H](c3ccnn3C)C2)c(C#N)c1C. The summed E-state index contributed by atoms with van der Waals surface area (Å²) in [5.41, 5.74) is 2.37. The summed E-state index contributed by atoms with van der Waals surface area (Å²) in [4.78, 5) is 14.5. The van der Waals surface area contributed by atoms with Crippen molar-refractivity contribution in [3.8, 4) is 6.07 Å². The molecule has 0 aliphatic carbocycles. The number of hydrogen-bond acceptors (Lipinski definition) is 5. The number of nitriles is 1. The van der Waals surface area contributed by atoms with Crippen molar-refractivity contribution in [1.82, 2.24) is 14.7 Å². The van der Waals surface area contributed by atoms with E-state index in [9.17, 15) is 10.1 Å². The monoisotopic (exact) mass is 341 g/mol. The highest BCUT2D eigenvalue weighted by atomic mass is 16.4. The van der Waals surface area contributed by atoms with Crippen LogP contribution in [-0.2, 0) is 11.8 Å². The summed E-state index contributed by atoms with van der Waals surface area (Å²) in [7, 11) is 1.95. The number of aromatic nitrogens is 2. The molecule has 0 spiro atoms. The van der Waals surface area contributed by atoms with Crippen LogP contribution >= 0.6 is 0 Å². The first-order valence-electron chi connectivity index (χ1n) is 8.49. The lowest BCUT2D eigenvalue weighted by molar-refractivity contribution is -0.117. The molecule has 0 unspecified atom stereocenters. The number of carbonyl (C=O) groups is 1. The van der Waals surface area contributed by atoms with Gasteiger partial charge in [0.15, 0.2) is 0 Å². The largest absolute Gasteiger partial charge is 0.444 e. The molecule has 1 amide bonds. The third-order valence-electron chi connectivity index (χ3n) is 4.90. The zero-order valence-electron chi connectivity index (χ0n) is 14.9. The molecule has 25 heavy (non-hydrogen) atoms. The molecule has 1 aliphatic rings. The molecule has 0 bridgehead atoms. The van der Waals surface area contributed by atoms with Crippen molar-refractivity contribution in [2.24, 2.45) is 7.05 Å². The standard InChI is InChI=1S/C18H23N5O2/c1-12-13(2)25-18(15(12)9-19)21-17(24)11-23-8-4-5-14(10-23)16-6-7-20-22(16)3/h6-7,14H,4-5,8,10-11H2,1-3H3,(H,21,24)/t14-/m0/s1. The number of carbonyl (C=O) groups excluding carboxylic acids is 1. The van der Waals surface area contributed by atoms with E-state index in [1.54, 1.807) is 6.92 Å². The number of rotatable bonds is 4. The van der Waals surface area contributed by atoms with Gasteiger partial charge in [0, 0.05) is 37.0 Å². The van der Waals surface area contributed by atoms with Gasteiger partial charge >= 0.3 is 0 Å². The van der Waals surface area contributed by atoms with Gasteiger partial charge in [-0.05, 0) is 39.3 Å². The van der Waals surface area contributed by atoms with Gasteiger partial charge in [0.2, 0.25) is 11.8 Å². The molecular formula is C18H23N5O2. The summed E-state index contributed by atoms with van der Waals surface area (Å²) in [6, 6.07) is 4.14. The molecule has 2 aromatic rings. The van der Waals surface area contributed by atoms with Crippen LogP contribution in [0.1, 0.15) is 41.3 Å². The third-order valence-corrected chi connectivity index (χ3v) is 4.90. The van der Waals surface area contributed by atoms with Crippen molar-refractivity contribution < 1.29 is 9.21 Å². The van der Waals surface area contributed by atoms with Crippen LogP contribution in [0.5, 0.6) is 0 Å². The van der Waals surface area contributed by atoms with E-state index in [-0.39, 0.29) is 18.3 Å². The van der Waals surface area contributed by atoms with Crippen molar-refractivity contribution in [3.63, 3.8) is 0 Å². The topological polar surface area (TPSA) is 87.1 Å². The Kier molecular flexibility index (Phi) is 4.91. The molecule has 0 radical (unpaired) electrons. The van der Waals surface area contributed by atoms with Crippen molar-refractivity contribution in [2.45, 2.75) is 32.6 Å². The smallest absolute Gasteiger partial charge is 0.240 e. The van der Waals surface area contributed by atoms with Gasteiger partial charge in [0.1, 0.15) is 17.4 Å². The summed E-state index contributed by atoms with van der Waals surface area (Å²) in [5.74, 6) is 1.14. The number of nitrogens with one attached hydrogen (secondary N) is 1. The Balaban J connectivity index is 1.62. The van der Waals surface area contributed by atoms with E-state index < -0.39 is 0 Å². The number of anilines is 1. The van der Waals surface area contributed by atoms with Gasteiger partial charge in [0.25, 0.3) is 0 Å². The van der Waals surface area contributed by atoms with Gasteiger partial charge in [-0.1, -0.05) is 0 Å². The molecule has 1 saturated heterocycles. The van der Waals surface area contributed by atoms with Gasteiger partial charge in [-0.2, -0.15) is 10.4 Å². The number of likely N-dealkylation sites (tertiary alicyclic amines) is 1. The number of hydrogen-bond donors (Lipinski definition) is 1. The first-order chi connectivity index (χ1) is 12.0. The summed E-state index contributed by atoms with van der Waals surface area (Å²) in [6.07, 6.45) is 3.96. The van der Waals surface area contributed by atoms with Crippen LogP contribution in [0, 0.1) is 25.2 Å². The van der Waals surface area contributed by atoms with Crippen LogP contribution in [0.25, 0.3) is 0 Å². The fourth-order valence-corrected chi connectivity index (χ4v) is 3.44. The van der Waals surface area contributed by atoms with Crippen molar-refractivity contribution in [1.29, 1.82) is 5.26 Å². The lowest BCUT2D eigenvalue weighted by Crippen LogP contribution is -2.40. The Hall–Kier alpha value is -2.59. The van der Waals surface area contributed by atoms with Crippen LogP contribution in [0.4, 0.5) is 5.88 Å². The van der Waals surface area contributed by atoms with Gasteiger partial charge in [0.05, 0.1) is 6.54 Å². The van der Waals surface area contributed by atoms with Gasteiger partial charge in [-0.25, -0.2) is 0 Å². The highest BCUT2D eigenvalue weighted by Gasteiger charge is 2.25. The van der Waals surface area contributed by atoms with Crippen LogP contribution < -0.4 is 5.32 Å². The van der Waals surface area contributed by atoms with Crippen LogP contribution in [0.15, 0.2) is 16.7 Å². The molecule has 0 saturated carbocycles. The number of aryl methyl sites for hydroxylation is 2. The van der Waals surface area contributed by atoms with Crippen LogP contribution in [0.3, 0.4) is 0 Å². The minimum absolute atomic E-state index is 0.157. The van der Waals surface area contributed by atoms with E-state index in [1.807, 2.05) is 30.9 Å². The minimum atomic E-state index is -0.157. The highest BCUT2D eigenvalue weighted by molar-refractivity contribution is 5.92. The Labute approximate surface area is 147 Å². The second kappa shape index (κ2) is 7.11. The lowest BCUT2D eigenvalue weighted by atomic mass is 9.94. The van der Waals surface area contributed by atoms with Crippen LogP contribution in [0.2, 0.25) is 0 Å².